The summed E-state index contributed by atoms with van der Waals surface area (Å²) in [7, 11) is 0. The Morgan fingerprint density at radius 1 is 1.18 bits per heavy atom. The summed E-state index contributed by atoms with van der Waals surface area (Å²) in [5, 5.41) is 13.4. The molecule has 4 heteroatoms. The van der Waals surface area contributed by atoms with Gasteiger partial charge < -0.3 is 10.4 Å². The molecule has 86 valence electrons. The minimum Gasteiger partial charge on any atom is -0.480 e. The summed E-state index contributed by atoms with van der Waals surface area (Å²) in [6.45, 7) is -0.165. The zero-order chi connectivity index (χ0) is 12.3. The van der Waals surface area contributed by atoms with Crippen molar-refractivity contribution in [3.8, 4) is 0 Å². The van der Waals surface area contributed by atoms with Crippen LogP contribution in [-0.4, -0.2) is 22.6 Å². The first-order chi connectivity index (χ1) is 8.18. The van der Waals surface area contributed by atoms with Gasteiger partial charge in [0.25, 0.3) is 0 Å². The quantitative estimate of drug-likeness (QED) is 0.814. The van der Waals surface area contributed by atoms with Crippen molar-refractivity contribution in [2.45, 2.75) is 0 Å². The molecule has 2 aromatic rings. The number of carboxylic acids is 1. The first kappa shape index (κ1) is 11.5. The molecule has 0 radical (unpaired) electrons. The number of carbonyl (C=O) groups is 1. The van der Waals surface area contributed by atoms with Crippen molar-refractivity contribution in [1.82, 2.24) is 5.32 Å². The highest BCUT2D eigenvalue weighted by molar-refractivity contribution is 7.80. The molecular formula is C13H11NO2S. The van der Waals surface area contributed by atoms with Crippen LogP contribution in [0, 0.1) is 0 Å². The van der Waals surface area contributed by atoms with Gasteiger partial charge in [-0.3, -0.25) is 4.79 Å². The summed E-state index contributed by atoms with van der Waals surface area (Å²) in [5.41, 5.74) is 0.861. The van der Waals surface area contributed by atoms with Crippen LogP contribution in [0.5, 0.6) is 0 Å². The van der Waals surface area contributed by atoms with Crippen LogP contribution in [0.3, 0.4) is 0 Å². The molecule has 0 fully saturated rings. The lowest BCUT2D eigenvalue weighted by atomic mass is 10.0. The molecule has 0 aliphatic heterocycles. The highest BCUT2D eigenvalue weighted by Gasteiger charge is 2.06. The lowest BCUT2D eigenvalue weighted by Crippen LogP contribution is -2.28. The number of rotatable bonds is 3. The van der Waals surface area contributed by atoms with Gasteiger partial charge in [0.15, 0.2) is 0 Å². The van der Waals surface area contributed by atoms with Gasteiger partial charge in [-0.1, -0.05) is 54.7 Å². The van der Waals surface area contributed by atoms with E-state index in [1.54, 1.807) is 0 Å². The average molecular weight is 245 g/mol. The zero-order valence-electron chi connectivity index (χ0n) is 9.01. The molecule has 2 aromatic carbocycles. The number of carboxylic acid groups (broad SMARTS) is 1. The third-order valence-electron chi connectivity index (χ3n) is 2.43. The van der Waals surface area contributed by atoms with Gasteiger partial charge in [0.1, 0.15) is 11.5 Å². The molecule has 0 amide bonds. The van der Waals surface area contributed by atoms with Crippen molar-refractivity contribution in [2.75, 3.05) is 6.54 Å². The minimum atomic E-state index is -0.924. The fourth-order valence-electron chi connectivity index (χ4n) is 1.67. The van der Waals surface area contributed by atoms with Crippen molar-refractivity contribution in [2.24, 2.45) is 0 Å². The van der Waals surface area contributed by atoms with Gasteiger partial charge in [-0.05, 0) is 10.8 Å². The Morgan fingerprint density at radius 3 is 2.65 bits per heavy atom. The predicted octanol–water partition coefficient (Wildman–Crippen LogP) is 2.19. The molecule has 0 unspecified atom stereocenters. The Hall–Kier alpha value is -1.94. The molecule has 0 saturated heterocycles. The molecule has 0 spiro atoms. The maximum atomic E-state index is 10.5. The van der Waals surface area contributed by atoms with Gasteiger partial charge in [0.2, 0.25) is 0 Å². The van der Waals surface area contributed by atoms with E-state index >= 15 is 0 Å². The topological polar surface area (TPSA) is 49.3 Å². The third kappa shape index (κ3) is 2.60. The van der Waals surface area contributed by atoms with Crippen molar-refractivity contribution in [3.05, 3.63) is 48.0 Å². The number of hydrogen-bond acceptors (Lipinski definition) is 2. The van der Waals surface area contributed by atoms with Crippen molar-refractivity contribution in [3.63, 3.8) is 0 Å². The van der Waals surface area contributed by atoms with Gasteiger partial charge in [-0.15, -0.1) is 0 Å². The fraction of sp³-hybridized carbons (Fsp3) is 0.0769. The minimum absolute atomic E-state index is 0.165. The predicted molar refractivity (Wildman–Crippen MR) is 71.3 cm³/mol. The molecule has 0 aromatic heterocycles. The van der Waals surface area contributed by atoms with Crippen LogP contribution in [0.4, 0.5) is 0 Å². The summed E-state index contributed by atoms with van der Waals surface area (Å²) in [5.74, 6) is -0.924. The maximum Gasteiger partial charge on any atom is 0.322 e. The highest BCUT2D eigenvalue weighted by Crippen LogP contribution is 2.18. The van der Waals surface area contributed by atoms with Crippen LogP contribution in [0.15, 0.2) is 42.5 Å². The van der Waals surface area contributed by atoms with E-state index < -0.39 is 5.97 Å². The number of fused-ring (bicyclic) bond motifs is 1. The number of aliphatic carboxylic acids is 1. The molecule has 0 aliphatic carbocycles. The summed E-state index contributed by atoms with van der Waals surface area (Å²) in [6, 6.07) is 13.7. The lowest BCUT2D eigenvalue weighted by molar-refractivity contribution is -0.135. The van der Waals surface area contributed by atoms with E-state index in [-0.39, 0.29) is 6.54 Å². The fourth-order valence-corrected chi connectivity index (χ4v) is 1.92. The third-order valence-corrected chi connectivity index (χ3v) is 2.80. The van der Waals surface area contributed by atoms with Gasteiger partial charge in [0.05, 0.1) is 0 Å². The van der Waals surface area contributed by atoms with E-state index in [0.717, 1.165) is 16.3 Å². The first-order valence-corrected chi connectivity index (χ1v) is 5.57. The monoisotopic (exact) mass is 245 g/mol. The van der Waals surface area contributed by atoms with Crippen LogP contribution in [0.2, 0.25) is 0 Å². The van der Waals surface area contributed by atoms with Crippen LogP contribution in [-0.2, 0) is 4.79 Å². The van der Waals surface area contributed by atoms with Crippen molar-refractivity contribution < 1.29 is 9.90 Å². The summed E-state index contributed by atoms with van der Waals surface area (Å²) in [4.78, 5) is 10.9. The highest BCUT2D eigenvalue weighted by atomic mass is 32.1. The molecule has 0 aliphatic rings. The summed E-state index contributed by atoms with van der Waals surface area (Å²) >= 11 is 5.19. The summed E-state index contributed by atoms with van der Waals surface area (Å²) in [6.07, 6.45) is 0. The smallest absolute Gasteiger partial charge is 0.322 e. The number of nitrogens with one attached hydrogen (secondary N) is 1. The second-order valence-corrected chi connectivity index (χ2v) is 4.01. The SMILES string of the molecule is O=C(O)CNC(=S)c1cccc2ccccc12. The Morgan fingerprint density at radius 2 is 1.88 bits per heavy atom. The molecule has 2 N–H and O–H groups in total. The van der Waals surface area contributed by atoms with Gasteiger partial charge in [-0.25, -0.2) is 0 Å². The average Bonchev–Trinajstić information content (AvgIpc) is 2.35. The van der Waals surface area contributed by atoms with E-state index in [4.69, 9.17) is 17.3 Å². The van der Waals surface area contributed by atoms with Crippen molar-refractivity contribution in [1.29, 1.82) is 0 Å². The van der Waals surface area contributed by atoms with E-state index in [1.165, 1.54) is 0 Å². The standard InChI is InChI=1S/C13H11NO2S/c15-12(16)8-14-13(17)11-7-3-5-9-4-1-2-6-10(9)11/h1-7H,8H2,(H,14,17)(H,15,16). The van der Waals surface area contributed by atoms with Crippen LogP contribution in [0.1, 0.15) is 5.56 Å². The first-order valence-electron chi connectivity index (χ1n) is 5.16. The van der Waals surface area contributed by atoms with Gasteiger partial charge in [-0.2, -0.15) is 0 Å². The van der Waals surface area contributed by atoms with E-state index in [9.17, 15) is 4.79 Å². The molecule has 3 nitrogen and oxygen atoms in total. The summed E-state index contributed by atoms with van der Waals surface area (Å²) < 4.78 is 0. The Balaban J connectivity index is 2.35. The molecule has 0 saturated carbocycles. The number of benzene rings is 2. The molecule has 2 rings (SSSR count). The normalized spacial score (nSPS) is 10.1. The van der Waals surface area contributed by atoms with E-state index in [2.05, 4.69) is 5.32 Å². The Labute approximate surface area is 104 Å². The second kappa shape index (κ2) is 4.93. The zero-order valence-corrected chi connectivity index (χ0v) is 9.83. The van der Waals surface area contributed by atoms with Crippen LogP contribution >= 0.6 is 12.2 Å². The number of thiocarbonyl (C=S) groups is 1. The van der Waals surface area contributed by atoms with Crippen LogP contribution < -0.4 is 5.32 Å². The van der Waals surface area contributed by atoms with E-state index in [0.29, 0.717) is 4.99 Å². The molecule has 17 heavy (non-hydrogen) atoms. The Kier molecular flexibility index (Phi) is 3.35. The van der Waals surface area contributed by atoms with Crippen LogP contribution in [0.25, 0.3) is 10.8 Å². The van der Waals surface area contributed by atoms with Crippen molar-refractivity contribution >= 4 is 33.9 Å². The molecule has 0 heterocycles. The number of hydrogen-bond donors (Lipinski definition) is 2. The molecule has 0 atom stereocenters. The van der Waals surface area contributed by atoms with Gasteiger partial charge >= 0.3 is 5.97 Å². The van der Waals surface area contributed by atoms with Gasteiger partial charge in [0, 0.05) is 5.56 Å². The molecular weight excluding hydrogens is 234 g/mol. The van der Waals surface area contributed by atoms with E-state index in [1.807, 2.05) is 42.5 Å². The molecule has 0 bridgehead atoms. The largest absolute Gasteiger partial charge is 0.480 e. The lowest BCUT2D eigenvalue weighted by Gasteiger charge is -2.08. The maximum absolute atomic E-state index is 10.5. The second-order valence-electron chi connectivity index (χ2n) is 3.60. The Bertz CT molecular complexity index is 575.